The first-order chi connectivity index (χ1) is 11.5. The van der Waals surface area contributed by atoms with E-state index in [1.54, 1.807) is 0 Å². The molecule has 0 radical (unpaired) electrons. The maximum atomic E-state index is 11.6. The summed E-state index contributed by atoms with van der Waals surface area (Å²) in [4.78, 5) is 33.9. The summed E-state index contributed by atoms with van der Waals surface area (Å²) in [5.74, 6) is -2.94. The third kappa shape index (κ3) is 15.3. The molecule has 7 heteroatoms. The topological polar surface area (TPSA) is 104 Å². The molecule has 0 rings (SSSR count). The van der Waals surface area contributed by atoms with Crippen LogP contribution in [0.2, 0.25) is 0 Å². The van der Waals surface area contributed by atoms with E-state index < -0.39 is 31.0 Å². The van der Waals surface area contributed by atoms with Crippen LogP contribution in [0.3, 0.4) is 0 Å². The van der Waals surface area contributed by atoms with Crippen molar-refractivity contribution in [3.05, 3.63) is 0 Å². The summed E-state index contributed by atoms with van der Waals surface area (Å²) < 4.78 is 5.03. The first-order valence-electron chi connectivity index (χ1n) is 8.77. The van der Waals surface area contributed by atoms with Gasteiger partial charge in [-0.05, 0) is 6.42 Å². The van der Waals surface area contributed by atoms with Crippen molar-refractivity contribution < 1.29 is 29.3 Å². The number of hydrogen-bond donors (Lipinski definition) is 2. The smallest absolute Gasteiger partial charge is 0.320 e. The average Bonchev–Trinajstić information content (AvgIpc) is 2.47. The maximum absolute atomic E-state index is 11.6. The number of hydrogen-bond acceptors (Lipinski definition) is 5. The van der Waals surface area contributed by atoms with Crippen LogP contribution in [-0.4, -0.2) is 59.3 Å². The molecule has 0 aliphatic heterocycles. The molecule has 0 atom stereocenters. The van der Waals surface area contributed by atoms with Crippen molar-refractivity contribution in [3.8, 4) is 0 Å². The summed E-state index contributed by atoms with van der Waals surface area (Å²) in [6.45, 7) is 1.17. The normalized spacial score (nSPS) is 10.8. The molecule has 0 spiro atoms. The number of ether oxygens (including phenoxy) is 1. The summed E-state index contributed by atoms with van der Waals surface area (Å²) >= 11 is 0. The molecule has 0 aromatic carbocycles. The van der Waals surface area contributed by atoms with Gasteiger partial charge in [0, 0.05) is 0 Å². The van der Waals surface area contributed by atoms with E-state index >= 15 is 0 Å². The number of carbonyl (C=O) groups is 3. The second-order valence-corrected chi connectivity index (χ2v) is 5.98. The molecule has 0 saturated heterocycles. The number of aliphatic carboxylic acids is 2. The lowest BCUT2D eigenvalue weighted by Crippen LogP contribution is -2.38. The Hall–Kier alpha value is -1.63. The quantitative estimate of drug-likeness (QED) is 0.327. The molecule has 0 aromatic rings. The first-order valence-corrected chi connectivity index (χ1v) is 8.77. The molecule has 0 aliphatic rings. The van der Waals surface area contributed by atoms with Gasteiger partial charge in [0.15, 0.2) is 0 Å². The molecular formula is C17H31NO6. The summed E-state index contributed by atoms with van der Waals surface area (Å²) in [7, 11) is 0. The van der Waals surface area contributed by atoms with Gasteiger partial charge in [0.05, 0.1) is 26.2 Å². The first kappa shape index (κ1) is 22.4. The molecule has 0 unspecified atom stereocenters. The van der Waals surface area contributed by atoms with Crippen LogP contribution in [0.25, 0.3) is 0 Å². The number of nitrogens with zero attached hydrogens (tertiary/aromatic N) is 1. The van der Waals surface area contributed by atoms with Crippen molar-refractivity contribution in [2.24, 2.45) is 0 Å². The second-order valence-electron chi connectivity index (χ2n) is 5.98. The van der Waals surface area contributed by atoms with Crippen molar-refractivity contribution in [1.82, 2.24) is 4.90 Å². The summed E-state index contributed by atoms with van der Waals surface area (Å²) in [6, 6.07) is 0. The number of rotatable bonds is 16. The van der Waals surface area contributed by atoms with E-state index in [1.165, 1.54) is 38.5 Å². The van der Waals surface area contributed by atoms with Crippen molar-refractivity contribution in [3.63, 3.8) is 0 Å². The van der Waals surface area contributed by atoms with Crippen LogP contribution < -0.4 is 0 Å². The Labute approximate surface area is 144 Å². The van der Waals surface area contributed by atoms with Gasteiger partial charge in [0.1, 0.15) is 0 Å². The van der Waals surface area contributed by atoms with E-state index in [0.29, 0.717) is 6.61 Å². The minimum atomic E-state index is -1.18. The molecule has 0 amide bonds. The molecule has 0 bridgehead atoms. The Morgan fingerprint density at radius 1 is 0.750 bits per heavy atom. The third-order valence-corrected chi connectivity index (χ3v) is 3.58. The average molecular weight is 345 g/mol. The molecule has 0 aliphatic carbocycles. The minimum absolute atomic E-state index is 0.294. The summed E-state index contributed by atoms with van der Waals surface area (Å²) in [5, 5.41) is 17.4. The molecule has 0 heterocycles. The molecule has 7 nitrogen and oxygen atoms in total. The van der Waals surface area contributed by atoms with Gasteiger partial charge >= 0.3 is 17.9 Å². The van der Waals surface area contributed by atoms with Gasteiger partial charge in [-0.3, -0.25) is 19.3 Å². The molecule has 0 saturated carbocycles. The highest BCUT2D eigenvalue weighted by atomic mass is 16.5. The number of carboxylic acid groups (broad SMARTS) is 2. The Bertz CT molecular complexity index is 356. The van der Waals surface area contributed by atoms with Crippen LogP contribution in [0, 0.1) is 0 Å². The highest BCUT2D eigenvalue weighted by Crippen LogP contribution is 2.09. The lowest BCUT2D eigenvalue weighted by molar-refractivity contribution is -0.148. The van der Waals surface area contributed by atoms with E-state index in [1.807, 2.05) is 0 Å². The van der Waals surface area contributed by atoms with E-state index in [-0.39, 0.29) is 6.54 Å². The Balaban J connectivity index is 3.65. The number of unbranched alkanes of at least 4 members (excludes halogenated alkanes) is 8. The van der Waals surface area contributed by atoms with Crippen LogP contribution in [0.4, 0.5) is 0 Å². The molecular weight excluding hydrogens is 314 g/mol. The van der Waals surface area contributed by atoms with Gasteiger partial charge in [-0.1, -0.05) is 58.3 Å². The molecule has 2 N–H and O–H groups in total. The maximum Gasteiger partial charge on any atom is 0.320 e. The fourth-order valence-electron chi connectivity index (χ4n) is 2.38. The van der Waals surface area contributed by atoms with Gasteiger partial charge < -0.3 is 14.9 Å². The van der Waals surface area contributed by atoms with Crippen LogP contribution in [0.15, 0.2) is 0 Å². The zero-order valence-corrected chi connectivity index (χ0v) is 14.7. The molecule has 0 aromatic heterocycles. The molecule has 0 fully saturated rings. The number of carbonyl (C=O) groups excluding carboxylic acids is 1. The second kappa shape index (κ2) is 14.9. The van der Waals surface area contributed by atoms with Crippen molar-refractivity contribution in [1.29, 1.82) is 0 Å². The Kier molecular flexibility index (Phi) is 13.9. The van der Waals surface area contributed by atoms with E-state index in [4.69, 9.17) is 14.9 Å². The van der Waals surface area contributed by atoms with Gasteiger partial charge in [-0.25, -0.2) is 0 Å². The summed E-state index contributed by atoms with van der Waals surface area (Å²) in [6.07, 6.45) is 10.5. The van der Waals surface area contributed by atoms with Crippen LogP contribution in [-0.2, 0) is 19.1 Å². The van der Waals surface area contributed by atoms with Crippen LogP contribution in [0.1, 0.15) is 64.7 Å². The predicted octanol–water partition coefficient (Wildman–Crippen LogP) is 2.53. The standard InChI is InChI=1S/C17H31NO6/c1-2-3-4-5-6-7-8-9-10-11-24-17(23)14-18(12-15(19)20)13-16(21)22/h2-14H2,1H3,(H,19,20)(H,21,22). The SMILES string of the molecule is CCCCCCCCCCCOC(=O)CN(CC(=O)O)CC(=O)O. The van der Waals surface area contributed by atoms with E-state index in [9.17, 15) is 14.4 Å². The van der Waals surface area contributed by atoms with Gasteiger partial charge in [0.2, 0.25) is 0 Å². The van der Waals surface area contributed by atoms with E-state index in [2.05, 4.69) is 6.92 Å². The Morgan fingerprint density at radius 3 is 1.67 bits per heavy atom. The highest BCUT2D eigenvalue weighted by molar-refractivity contribution is 5.76. The van der Waals surface area contributed by atoms with Gasteiger partial charge in [0.25, 0.3) is 0 Å². The zero-order valence-electron chi connectivity index (χ0n) is 14.7. The minimum Gasteiger partial charge on any atom is -0.480 e. The van der Waals surface area contributed by atoms with Gasteiger partial charge in [-0.2, -0.15) is 0 Å². The fourth-order valence-corrected chi connectivity index (χ4v) is 2.38. The predicted molar refractivity (Wildman–Crippen MR) is 89.9 cm³/mol. The number of carboxylic acids is 2. The lowest BCUT2D eigenvalue weighted by Gasteiger charge is -2.16. The van der Waals surface area contributed by atoms with Crippen LogP contribution >= 0.6 is 0 Å². The van der Waals surface area contributed by atoms with Crippen LogP contribution in [0.5, 0.6) is 0 Å². The lowest BCUT2D eigenvalue weighted by atomic mass is 10.1. The highest BCUT2D eigenvalue weighted by Gasteiger charge is 2.17. The molecule has 140 valence electrons. The largest absolute Gasteiger partial charge is 0.480 e. The van der Waals surface area contributed by atoms with Gasteiger partial charge in [-0.15, -0.1) is 0 Å². The monoisotopic (exact) mass is 345 g/mol. The van der Waals surface area contributed by atoms with Crippen molar-refractivity contribution in [2.45, 2.75) is 64.7 Å². The van der Waals surface area contributed by atoms with Crippen molar-refractivity contribution >= 4 is 17.9 Å². The Morgan fingerprint density at radius 2 is 1.21 bits per heavy atom. The van der Waals surface area contributed by atoms with E-state index in [0.717, 1.165) is 24.2 Å². The number of esters is 1. The van der Waals surface area contributed by atoms with Crippen molar-refractivity contribution in [2.75, 3.05) is 26.2 Å². The fraction of sp³-hybridized carbons (Fsp3) is 0.824. The third-order valence-electron chi connectivity index (χ3n) is 3.58. The summed E-state index contributed by atoms with van der Waals surface area (Å²) in [5.41, 5.74) is 0. The molecule has 24 heavy (non-hydrogen) atoms. The zero-order chi connectivity index (χ0) is 18.2.